The van der Waals surface area contributed by atoms with Crippen molar-refractivity contribution in [2.45, 2.75) is 32.4 Å². The molecule has 1 N–H and O–H groups in total. The first-order valence-corrected chi connectivity index (χ1v) is 8.24. The Morgan fingerprint density at radius 2 is 2.08 bits per heavy atom. The number of amides is 2. The number of hydrogen-bond acceptors (Lipinski definition) is 4. The minimum absolute atomic E-state index is 0.0433. The summed E-state index contributed by atoms with van der Waals surface area (Å²) < 4.78 is 5.86. The lowest BCUT2D eigenvalue weighted by atomic mass is 10.1. The molecule has 3 rings (SSSR count). The van der Waals surface area contributed by atoms with Gasteiger partial charge in [-0.3, -0.25) is 0 Å². The van der Waals surface area contributed by atoms with E-state index in [1.165, 1.54) is 0 Å². The van der Waals surface area contributed by atoms with Crippen LogP contribution in [-0.4, -0.2) is 40.3 Å². The third kappa shape index (κ3) is 4.44. The number of benzene rings is 1. The van der Waals surface area contributed by atoms with Crippen LogP contribution in [-0.2, 0) is 6.54 Å². The molecule has 2 amide bonds. The first kappa shape index (κ1) is 16.2. The summed E-state index contributed by atoms with van der Waals surface area (Å²) in [5.74, 6) is 0.511. The van der Waals surface area contributed by atoms with Gasteiger partial charge in [0, 0.05) is 19.2 Å². The minimum Gasteiger partial charge on any atom is -0.471 e. The molecule has 0 bridgehead atoms. The Kier molecular flexibility index (Phi) is 5.25. The van der Waals surface area contributed by atoms with Gasteiger partial charge in [0.1, 0.15) is 6.10 Å². The summed E-state index contributed by atoms with van der Waals surface area (Å²) >= 11 is 0. The van der Waals surface area contributed by atoms with E-state index in [0.717, 1.165) is 30.6 Å². The summed E-state index contributed by atoms with van der Waals surface area (Å²) in [5.41, 5.74) is 1.94. The Morgan fingerprint density at radius 3 is 2.83 bits per heavy atom. The first-order chi connectivity index (χ1) is 11.7. The molecule has 1 fully saturated rings. The van der Waals surface area contributed by atoms with Crippen LogP contribution in [0.4, 0.5) is 4.79 Å². The summed E-state index contributed by atoms with van der Waals surface area (Å²) in [5, 5.41) is 11.0. The Morgan fingerprint density at radius 1 is 1.25 bits per heavy atom. The minimum atomic E-state index is -0.0536. The van der Waals surface area contributed by atoms with Crippen LogP contribution in [0, 0.1) is 6.92 Å². The second kappa shape index (κ2) is 7.77. The SMILES string of the molecule is Cc1ccc(OC2CCCN(C(=O)NCc3ccccc3)C2)nn1. The Hall–Kier alpha value is -2.63. The number of likely N-dealkylation sites (tertiary alicyclic amines) is 1. The van der Waals surface area contributed by atoms with Crippen molar-refractivity contribution in [2.24, 2.45) is 0 Å². The monoisotopic (exact) mass is 326 g/mol. The van der Waals surface area contributed by atoms with Crippen molar-refractivity contribution < 1.29 is 9.53 Å². The number of ether oxygens (including phenoxy) is 1. The normalized spacial score (nSPS) is 17.4. The fourth-order valence-corrected chi connectivity index (χ4v) is 2.72. The zero-order chi connectivity index (χ0) is 16.8. The molecule has 1 saturated heterocycles. The molecule has 6 nitrogen and oxygen atoms in total. The van der Waals surface area contributed by atoms with Gasteiger partial charge in [0.2, 0.25) is 5.88 Å². The van der Waals surface area contributed by atoms with Crippen LogP contribution < -0.4 is 10.1 Å². The second-order valence-corrected chi connectivity index (χ2v) is 5.99. The number of rotatable bonds is 4. The lowest BCUT2D eigenvalue weighted by Gasteiger charge is -2.32. The fourth-order valence-electron chi connectivity index (χ4n) is 2.72. The van der Waals surface area contributed by atoms with Gasteiger partial charge in [0.15, 0.2) is 0 Å². The van der Waals surface area contributed by atoms with Crippen LogP contribution in [0.3, 0.4) is 0 Å². The highest BCUT2D eigenvalue weighted by molar-refractivity contribution is 5.74. The van der Waals surface area contributed by atoms with Crippen molar-refractivity contribution >= 4 is 6.03 Å². The van der Waals surface area contributed by atoms with Crippen LogP contribution >= 0.6 is 0 Å². The van der Waals surface area contributed by atoms with Gasteiger partial charge >= 0.3 is 6.03 Å². The van der Waals surface area contributed by atoms with E-state index in [1.54, 1.807) is 4.90 Å². The molecule has 2 aromatic rings. The quantitative estimate of drug-likeness (QED) is 0.937. The van der Waals surface area contributed by atoms with Crippen LogP contribution in [0.25, 0.3) is 0 Å². The lowest BCUT2D eigenvalue weighted by molar-refractivity contribution is 0.0968. The third-order valence-corrected chi connectivity index (χ3v) is 4.01. The molecule has 24 heavy (non-hydrogen) atoms. The molecular weight excluding hydrogens is 304 g/mol. The maximum Gasteiger partial charge on any atom is 0.317 e. The highest BCUT2D eigenvalue weighted by Gasteiger charge is 2.25. The van der Waals surface area contributed by atoms with E-state index in [-0.39, 0.29) is 12.1 Å². The number of piperidine rings is 1. The smallest absolute Gasteiger partial charge is 0.317 e. The molecule has 1 aliphatic rings. The number of hydrogen-bond donors (Lipinski definition) is 1. The molecule has 1 aliphatic heterocycles. The van der Waals surface area contributed by atoms with Gasteiger partial charge in [0.05, 0.1) is 12.2 Å². The van der Waals surface area contributed by atoms with E-state index in [0.29, 0.717) is 19.0 Å². The number of aromatic nitrogens is 2. The van der Waals surface area contributed by atoms with Crippen molar-refractivity contribution in [3.05, 3.63) is 53.7 Å². The van der Waals surface area contributed by atoms with Gasteiger partial charge in [-0.05, 0) is 31.4 Å². The Labute approximate surface area is 141 Å². The molecule has 6 heteroatoms. The van der Waals surface area contributed by atoms with Gasteiger partial charge < -0.3 is 15.0 Å². The summed E-state index contributed by atoms with van der Waals surface area (Å²) in [6.45, 7) is 3.73. The molecule has 1 aromatic heterocycles. The summed E-state index contributed by atoms with van der Waals surface area (Å²) in [7, 11) is 0. The van der Waals surface area contributed by atoms with Gasteiger partial charge in [-0.15, -0.1) is 5.10 Å². The number of nitrogens with zero attached hydrogens (tertiary/aromatic N) is 3. The number of aryl methyl sites for hydroxylation is 1. The third-order valence-electron chi connectivity index (χ3n) is 4.01. The maximum atomic E-state index is 12.3. The first-order valence-electron chi connectivity index (χ1n) is 8.24. The molecule has 0 saturated carbocycles. The van der Waals surface area contributed by atoms with Crippen LogP contribution in [0.5, 0.6) is 5.88 Å². The van der Waals surface area contributed by atoms with E-state index < -0.39 is 0 Å². The molecule has 1 atom stereocenters. The van der Waals surface area contributed by atoms with Crippen molar-refractivity contribution in [1.82, 2.24) is 20.4 Å². The highest BCUT2D eigenvalue weighted by Crippen LogP contribution is 2.16. The fraction of sp³-hybridized carbons (Fsp3) is 0.389. The molecular formula is C18H22N4O2. The summed E-state index contributed by atoms with van der Waals surface area (Å²) in [6, 6.07) is 13.5. The Bertz CT molecular complexity index is 660. The van der Waals surface area contributed by atoms with E-state index in [9.17, 15) is 4.79 Å². The summed E-state index contributed by atoms with van der Waals surface area (Å²) in [4.78, 5) is 14.1. The van der Waals surface area contributed by atoms with Gasteiger partial charge in [0.25, 0.3) is 0 Å². The largest absolute Gasteiger partial charge is 0.471 e. The maximum absolute atomic E-state index is 12.3. The average Bonchev–Trinajstić information content (AvgIpc) is 2.63. The lowest BCUT2D eigenvalue weighted by Crippen LogP contribution is -2.48. The van der Waals surface area contributed by atoms with E-state index in [1.807, 2.05) is 49.4 Å². The van der Waals surface area contributed by atoms with Crippen LogP contribution in [0.15, 0.2) is 42.5 Å². The molecule has 0 aliphatic carbocycles. The van der Waals surface area contributed by atoms with Gasteiger partial charge in [-0.2, -0.15) is 5.10 Å². The van der Waals surface area contributed by atoms with Gasteiger partial charge in [-0.25, -0.2) is 4.79 Å². The number of urea groups is 1. The molecule has 2 heterocycles. The standard InChI is InChI=1S/C18H22N4O2/c1-14-9-10-17(21-20-14)24-16-8-5-11-22(13-16)18(23)19-12-15-6-3-2-4-7-15/h2-4,6-7,9-10,16H,5,8,11-13H2,1H3,(H,19,23). The molecule has 0 radical (unpaired) electrons. The van der Waals surface area contributed by atoms with E-state index in [4.69, 9.17) is 4.74 Å². The van der Waals surface area contributed by atoms with Gasteiger partial charge in [-0.1, -0.05) is 30.3 Å². The number of nitrogens with one attached hydrogen (secondary N) is 1. The van der Waals surface area contributed by atoms with Crippen LogP contribution in [0.2, 0.25) is 0 Å². The molecule has 126 valence electrons. The predicted molar refractivity (Wildman–Crippen MR) is 90.7 cm³/mol. The molecule has 0 spiro atoms. The zero-order valence-electron chi connectivity index (χ0n) is 13.8. The molecule has 1 aromatic carbocycles. The topological polar surface area (TPSA) is 67.3 Å². The predicted octanol–water partition coefficient (Wildman–Crippen LogP) is 2.54. The molecule has 1 unspecified atom stereocenters. The van der Waals surface area contributed by atoms with Crippen molar-refractivity contribution in [2.75, 3.05) is 13.1 Å². The van der Waals surface area contributed by atoms with Crippen molar-refractivity contribution in [1.29, 1.82) is 0 Å². The van der Waals surface area contributed by atoms with Crippen LogP contribution in [0.1, 0.15) is 24.1 Å². The van der Waals surface area contributed by atoms with E-state index >= 15 is 0 Å². The number of carbonyl (C=O) groups is 1. The average molecular weight is 326 g/mol. The van der Waals surface area contributed by atoms with E-state index in [2.05, 4.69) is 15.5 Å². The second-order valence-electron chi connectivity index (χ2n) is 5.99. The summed E-state index contributed by atoms with van der Waals surface area (Å²) in [6.07, 6.45) is 1.79. The van der Waals surface area contributed by atoms with Crippen molar-refractivity contribution in [3.8, 4) is 5.88 Å². The highest BCUT2D eigenvalue weighted by atomic mass is 16.5. The van der Waals surface area contributed by atoms with Crippen molar-refractivity contribution in [3.63, 3.8) is 0 Å². The zero-order valence-corrected chi connectivity index (χ0v) is 13.8. The number of carbonyl (C=O) groups excluding carboxylic acids is 1. The Balaban J connectivity index is 1.51.